The molecule has 2 amide bonds. The number of carbonyl (C=O) groups excluding carboxylic acids is 1. The summed E-state index contributed by atoms with van der Waals surface area (Å²) >= 11 is 0. The van der Waals surface area contributed by atoms with Crippen molar-refractivity contribution in [2.45, 2.75) is 33.2 Å². The molecule has 2 N–H and O–H groups in total. The van der Waals surface area contributed by atoms with Gasteiger partial charge >= 0.3 is 6.03 Å². The first kappa shape index (κ1) is 17.1. The summed E-state index contributed by atoms with van der Waals surface area (Å²) in [5, 5.41) is 5.63. The Morgan fingerprint density at radius 2 is 1.76 bits per heavy atom. The van der Waals surface area contributed by atoms with Crippen molar-refractivity contribution in [3.8, 4) is 0 Å². The first-order valence-corrected chi connectivity index (χ1v) is 8.34. The van der Waals surface area contributed by atoms with Gasteiger partial charge in [0.05, 0.1) is 5.54 Å². The lowest BCUT2D eigenvalue weighted by Gasteiger charge is -2.33. The average molecular weight is 340 g/mol. The summed E-state index contributed by atoms with van der Waals surface area (Å²) in [5.74, 6) is 1.71. The molecule has 1 fully saturated rings. The Bertz CT molecular complexity index is 773. The van der Waals surface area contributed by atoms with Crippen LogP contribution in [0.25, 0.3) is 0 Å². The van der Waals surface area contributed by atoms with Gasteiger partial charge in [0, 0.05) is 16.7 Å². The molecular weight excluding hydrogens is 316 g/mol. The molecule has 1 aromatic rings. The number of rotatable bonds is 0. The summed E-state index contributed by atoms with van der Waals surface area (Å²) in [6, 6.07) is 7.68. The maximum Gasteiger partial charge on any atom is 0.319 e. The second-order valence-corrected chi connectivity index (χ2v) is 7.38. The molecule has 1 aromatic carbocycles. The second kappa shape index (κ2) is 6.31. The Hall–Kier alpha value is -2.69. The molecule has 0 saturated carbocycles. The molecule has 0 spiro atoms. The highest BCUT2D eigenvalue weighted by Crippen LogP contribution is 2.31. The van der Waals surface area contributed by atoms with E-state index in [-0.39, 0.29) is 17.0 Å². The van der Waals surface area contributed by atoms with E-state index in [0.29, 0.717) is 6.79 Å². The van der Waals surface area contributed by atoms with Crippen molar-refractivity contribution in [1.29, 1.82) is 0 Å². The van der Waals surface area contributed by atoms with E-state index in [0.717, 1.165) is 22.8 Å². The number of urea groups is 1. The topological polar surface area (TPSA) is 59.6 Å². The van der Waals surface area contributed by atoms with Gasteiger partial charge < -0.3 is 20.1 Å². The van der Waals surface area contributed by atoms with Gasteiger partial charge in [0.1, 0.15) is 0 Å². The number of ether oxygens (including phenoxy) is 2. The minimum Gasteiger partial charge on any atom is -0.454 e. The summed E-state index contributed by atoms with van der Waals surface area (Å²) < 4.78 is 10.6. The second-order valence-electron chi connectivity index (χ2n) is 7.38. The molecule has 0 bridgehead atoms. The molecule has 0 unspecified atom stereocenters. The quantitative estimate of drug-likeness (QED) is 0.735. The lowest BCUT2D eigenvalue weighted by molar-refractivity contribution is 0.0969. The largest absolute Gasteiger partial charge is 0.454 e. The van der Waals surface area contributed by atoms with E-state index in [9.17, 15) is 4.79 Å². The van der Waals surface area contributed by atoms with Crippen LogP contribution >= 0.6 is 0 Å². The smallest absolute Gasteiger partial charge is 0.319 e. The van der Waals surface area contributed by atoms with Crippen LogP contribution in [0.5, 0.6) is 0 Å². The molecule has 0 radical (unpaired) electrons. The van der Waals surface area contributed by atoms with Gasteiger partial charge in [-0.05, 0) is 32.1 Å². The lowest BCUT2D eigenvalue weighted by atomic mass is 9.91. The van der Waals surface area contributed by atoms with Crippen LogP contribution in [0.3, 0.4) is 0 Å². The number of hydrogen-bond acceptors (Lipinski definition) is 3. The van der Waals surface area contributed by atoms with Crippen LogP contribution in [0.4, 0.5) is 10.5 Å². The highest BCUT2D eigenvalue weighted by molar-refractivity contribution is 5.93. The van der Waals surface area contributed by atoms with E-state index >= 15 is 0 Å². The van der Waals surface area contributed by atoms with Crippen LogP contribution in [-0.2, 0) is 15.0 Å². The molecule has 0 atom stereocenters. The molecule has 0 aromatic heterocycles. The van der Waals surface area contributed by atoms with E-state index < -0.39 is 0 Å². The van der Waals surface area contributed by atoms with E-state index in [1.165, 1.54) is 0 Å². The number of hydrogen-bond donors (Lipinski definition) is 2. The molecule has 2 aliphatic heterocycles. The Morgan fingerprint density at radius 1 is 1.04 bits per heavy atom. The van der Waals surface area contributed by atoms with Gasteiger partial charge in [0.25, 0.3) is 0 Å². The monoisotopic (exact) mass is 340 g/mol. The molecule has 25 heavy (non-hydrogen) atoms. The van der Waals surface area contributed by atoms with Crippen LogP contribution in [0.15, 0.2) is 60.1 Å². The van der Waals surface area contributed by atoms with Crippen LogP contribution in [0.1, 0.15) is 33.3 Å². The number of benzene rings is 1. The lowest BCUT2D eigenvalue weighted by Crippen LogP contribution is -2.47. The Morgan fingerprint density at radius 3 is 2.56 bits per heavy atom. The summed E-state index contributed by atoms with van der Waals surface area (Å²) in [6.45, 7) is 8.60. The van der Waals surface area contributed by atoms with Crippen molar-refractivity contribution < 1.29 is 14.3 Å². The standard InChI is InChI=1S/C10H12N2O.C10H12O2/c1-10(2)7-5-3-4-6-8(7)11-9(13)12-10;1-10(2)5-3-4-8-9(6-10)12-7-11-8/h3-6H,1-2H3,(H2,11,12,13);3-6H,7H2,1-2H3. The Labute approximate surface area is 148 Å². The number of fused-ring (bicyclic) bond motifs is 2. The molecule has 3 aliphatic rings. The van der Waals surface area contributed by atoms with Crippen LogP contribution < -0.4 is 10.6 Å². The third-order valence-corrected chi connectivity index (χ3v) is 4.22. The zero-order valence-electron chi connectivity index (χ0n) is 15.1. The fraction of sp³-hybridized carbons (Fsp3) is 0.350. The van der Waals surface area contributed by atoms with Crippen LogP contribution in [0, 0.1) is 5.41 Å². The van der Waals surface area contributed by atoms with Gasteiger partial charge in [-0.25, -0.2) is 4.79 Å². The zero-order chi connectivity index (χ0) is 18.1. The predicted molar refractivity (Wildman–Crippen MR) is 97.7 cm³/mol. The summed E-state index contributed by atoms with van der Waals surface area (Å²) in [4.78, 5) is 11.2. The molecule has 2 heterocycles. The average Bonchev–Trinajstić information content (AvgIpc) is 2.87. The zero-order valence-corrected chi connectivity index (χ0v) is 15.1. The maximum atomic E-state index is 11.2. The number of carbonyl (C=O) groups is 1. The normalized spacial score (nSPS) is 21.4. The van der Waals surface area contributed by atoms with Gasteiger partial charge in [-0.15, -0.1) is 0 Å². The van der Waals surface area contributed by atoms with Crippen molar-refractivity contribution >= 4 is 11.7 Å². The van der Waals surface area contributed by atoms with Crippen LogP contribution in [0.2, 0.25) is 0 Å². The van der Waals surface area contributed by atoms with Crippen molar-refractivity contribution in [3.05, 3.63) is 65.7 Å². The minimum atomic E-state index is -0.279. The third-order valence-electron chi connectivity index (χ3n) is 4.22. The number of para-hydroxylation sites is 1. The first-order chi connectivity index (χ1) is 11.8. The molecule has 132 valence electrons. The SMILES string of the molecule is CC1(C)C=CC=C2OCOC2=C1.CC1(C)NC(=O)Nc2ccccc21. The molecule has 1 saturated heterocycles. The number of amides is 2. The number of anilines is 1. The van der Waals surface area contributed by atoms with Crippen molar-refractivity contribution in [2.75, 3.05) is 12.1 Å². The molecule has 5 nitrogen and oxygen atoms in total. The first-order valence-electron chi connectivity index (χ1n) is 8.34. The van der Waals surface area contributed by atoms with E-state index in [2.05, 4.69) is 36.6 Å². The third kappa shape index (κ3) is 3.87. The van der Waals surface area contributed by atoms with E-state index in [1.807, 2.05) is 50.3 Å². The van der Waals surface area contributed by atoms with E-state index in [1.54, 1.807) is 0 Å². The highest BCUT2D eigenvalue weighted by atomic mass is 16.7. The summed E-state index contributed by atoms with van der Waals surface area (Å²) in [6.07, 6.45) is 8.15. The van der Waals surface area contributed by atoms with Gasteiger partial charge in [0.15, 0.2) is 11.5 Å². The van der Waals surface area contributed by atoms with Gasteiger partial charge in [0.2, 0.25) is 6.79 Å². The van der Waals surface area contributed by atoms with Gasteiger partial charge in [-0.3, -0.25) is 0 Å². The van der Waals surface area contributed by atoms with Gasteiger partial charge in [-0.2, -0.15) is 0 Å². The number of nitrogens with one attached hydrogen (secondary N) is 2. The Kier molecular flexibility index (Phi) is 4.33. The van der Waals surface area contributed by atoms with Crippen molar-refractivity contribution in [3.63, 3.8) is 0 Å². The molecular formula is C20H24N2O3. The maximum absolute atomic E-state index is 11.2. The number of allylic oxidation sites excluding steroid dienone is 4. The fourth-order valence-corrected chi connectivity index (χ4v) is 2.95. The fourth-order valence-electron chi connectivity index (χ4n) is 2.95. The van der Waals surface area contributed by atoms with Crippen molar-refractivity contribution in [1.82, 2.24) is 5.32 Å². The summed E-state index contributed by atoms with van der Waals surface area (Å²) in [7, 11) is 0. The Balaban J connectivity index is 0.000000146. The van der Waals surface area contributed by atoms with Crippen LogP contribution in [-0.4, -0.2) is 12.8 Å². The molecule has 5 heteroatoms. The van der Waals surface area contributed by atoms with Gasteiger partial charge in [-0.1, -0.05) is 44.2 Å². The molecule has 4 rings (SSSR count). The minimum absolute atomic E-state index is 0.0568. The highest BCUT2D eigenvalue weighted by Gasteiger charge is 2.30. The van der Waals surface area contributed by atoms with E-state index in [4.69, 9.17) is 9.47 Å². The molecule has 1 aliphatic carbocycles. The summed E-state index contributed by atoms with van der Waals surface area (Å²) in [5.41, 5.74) is 1.80. The van der Waals surface area contributed by atoms with Crippen molar-refractivity contribution in [2.24, 2.45) is 5.41 Å². The predicted octanol–water partition coefficient (Wildman–Crippen LogP) is 4.41.